The molecule has 1 aliphatic rings. The van der Waals surface area contributed by atoms with Crippen molar-refractivity contribution in [2.75, 3.05) is 11.9 Å². The Morgan fingerprint density at radius 2 is 1.88 bits per heavy atom. The third kappa shape index (κ3) is 4.82. The second-order valence-electron chi connectivity index (χ2n) is 6.41. The van der Waals surface area contributed by atoms with Crippen molar-refractivity contribution in [3.8, 4) is 0 Å². The number of carbonyl (C=O) groups excluding carboxylic acids is 1. The van der Waals surface area contributed by atoms with Crippen LogP contribution in [0.2, 0.25) is 0 Å². The number of rotatable bonds is 4. The first-order valence-electron chi connectivity index (χ1n) is 8.06. The summed E-state index contributed by atoms with van der Waals surface area (Å²) in [7, 11) is 0. The molecule has 1 aliphatic carbocycles. The molecule has 1 heterocycles. The van der Waals surface area contributed by atoms with E-state index in [-0.39, 0.29) is 36.1 Å². The van der Waals surface area contributed by atoms with Crippen LogP contribution in [0.1, 0.15) is 38.5 Å². The average molecular weight is 370 g/mol. The van der Waals surface area contributed by atoms with Crippen LogP contribution in [0, 0.1) is 5.41 Å². The topological polar surface area (TPSA) is 68.0 Å². The van der Waals surface area contributed by atoms with Crippen LogP contribution in [0.3, 0.4) is 0 Å². The van der Waals surface area contributed by atoms with Gasteiger partial charge in [0, 0.05) is 11.8 Å². The number of halogens is 2. The van der Waals surface area contributed by atoms with Crippen molar-refractivity contribution < 1.29 is 4.79 Å². The van der Waals surface area contributed by atoms with Gasteiger partial charge in [-0.05, 0) is 36.9 Å². The van der Waals surface area contributed by atoms with Gasteiger partial charge in [-0.15, -0.1) is 24.8 Å². The van der Waals surface area contributed by atoms with Crippen molar-refractivity contribution in [3.05, 3.63) is 36.5 Å². The lowest BCUT2D eigenvalue weighted by atomic mass is 9.71. The van der Waals surface area contributed by atoms with Crippen LogP contribution >= 0.6 is 24.8 Å². The zero-order chi connectivity index (χ0) is 15.4. The molecule has 4 nitrogen and oxygen atoms in total. The van der Waals surface area contributed by atoms with Crippen molar-refractivity contribution in [1.29, 1.82) is 0 Å². The van der Waals surface area contributed by atoms with Gasteiger partial charge in [0.2, 0.25) is 5.91 Å². The first-order valence-corrected chi connectivity index (χ1v) is 8.06. The van der Waals surface area contributed by atoms with E-state index in [0.29, 0.717) is 13.0 Å². The molecule has 0 unspecified atom stereocenters. The molecule has 24 heavy (non-hydrogen) atoms. The number of fused-ring (bicyclic) bond motifs is 1. The van der Waals surface area contributed by atoms with E-state index >= 15 is 0 Å². The second-order valence-corrected chi connectivity index (χ2v) is 6.41. The highest BCUT2D eigenvalue weighted by Crippen LogP contribution is 2.38. The third-order valence-corrected chi connectivity index (χ3v) is 4.76. The number of pyridine rings is 1. The van der Waals surface area contributed by atoms with Crippen LogP contribution in [0.4, 0.5) is 5.69 Å². The van der Waals surface area contributed by atoms with Crippen molar-refractivity contribution >= 4 is 47.3 Å². The smallest absolute Gasteiger partial charge is 0.225 e. The molecule has 0 radical (unpaired) electrons. The number of hydrogen-bond acceptors (Lipinski definition) is 3. The molecular formula is C18H25Cl2N3O. The third-order valence-electron chi connectivity index (χ3n) is 4.76. The monoisotopic (exact) mass is 369 g/mol. The lowest BCUT2D eigenvalue weighted by Crippen LogP contribution is -2.36. The number of hydrogen-bond donors (Lipinski definition) is 2. The quantitative estimate of drug-likeness (QED) is 0.842. The van der Waals surface area contributed by atoms with Gasteiger partial charge in [-0.25, -0.2) is 0 Å². The maximum absolute atomic E-state index is 12.4. The van der Waals surface area contributed by atoms with Crippen molar-refractivity contribution in [3.63, 3.8) is 0 Å². The minimum Gasteiger partial charge on any atom is -0.330 e. The van der Waals surface area contributed by atoms with Gasteiger partial charge < -0.3 is 11.1 Å². The van der Waals surface area contributed by atoms with E-state index in [1.807, 2.05) is 30.3 Å². The number of anilines is 1. The Bertz CT molecular complexity index is 672. The Morgan fingerprint density at radius 1 is 1.17 bits per heavy atom. The summed E-state index contributed by atoms with van der Waals surface area (Å²) in [5.41, 5.74) is 7.65. The van der Waals surface area contributed by atoms with Gasteiger partial charge in [0.1, 0.15) is 0 Å². The fourth-order valence-electron chi connectivity index (χ4n) is 3.44. The molecule has 0 saturated heterocycles. The largest absolute Gasteiger partial charge is 0.330 e. The summed E-state index contributed by atoms with van der Waals surface area (Å²) < 4.78 is 0. The summed E-state index contributed by atoms with van der Waals surface area (Å²) in [5.74, 6) is 0.0458. The Labute approximate surface area is 155 Å². The highest BCUT2D eigenvalue weighted by molar-refractivity contribution is 5.93. The Hall–Kier alpha value is -1.36. The average Bonchev–Trinajstić information content (AvgIpc) is 2.55. The van der Waals surface area contributed by atoms with E-state index in [9.17, 15) is 4.79 Å². The minimum absolute atomic E-state index is 0. The fourth-order valence-corrected chi connectivity index (χ4v) is 3.44. The van der Waals surface area contributed by atoms with Gasteiger partial charge in [0.15, 0.2) is 0 Å². The predicted molar refractivity (Wildman–Crippen MR) is 104 cm³/mol. The normalized spacial score (nSPS) is 15.9. The maximum Gasteiger partial charge on any atom is 0.225 e. The summed E-state index contributed by atoms with van der Waals surface area (Å²) in [4.78, 5) is 16.8. The maximum atomic E-state index is 12.4. The Balaban J connectivity index is 0.00000144. The summed E-state index contributed by atoms with van der Waals surface area (Å²) in [5, 5.41) is 4.02. The van der Waals surface area contributed by atoms with Crippen molar-refractivity contribution in [2.45, 2.75) is 38.5 Å². The zero-order valence-electron chi connectivity index (χ0n) is 13.7. The molecule has 1 amide bonds. The van der Waals surface area contributed by atoms with Gasteiger partial charge in [-0.3, -0.25) is 9.78 Å². The number of nitrogens with zero attached hydrogens (tertiary/aromatic N) is 1. The molecule has 0 spiro atoms. The predicted octanol–water partition coefficient (Wildman–Crippen LogP) is 4.32. The molecule has 1 fully saturated rings. The van der Waals surface area contributed by atoms with Gasteiger partial charge in [-0.2, -0.15) is 0 Å². The molecule has 3 N–H and O–H groups in total. The van der Waals surface area contributed by atoms with Crippen LogP contribution in [0.5, 0.6) is 0 Å². The Kier molecular flexibility index (Phi) is 7.94. The molecule has 3 rings (SSSR count). The Morgan fingerprint density at radius 3 is 2.58 bits per heavy atom. The van der Waals surface area contributed by atoms with Crippen LogP contribution < -0.4 is 11.1 Å². The highest BCUT2D eigenvalue weighted by Gasteiger charge is 2.32. The first kappa shape index (κ1) is 20.7. The van der Waals surface area contributed by atoms with Crippen LogP contribution in [-0.2, 0) is 4.79 Å². The lowest BCUT2D eigenvalue weighted by Gasteiger charge is -2.35. The molecule has 1 saturated carbocycles. The van der Waals surface area contributed by atoms with Crippen molar-refractivity contribution in [2.24, 2.45) is 11.1 Å². The van der Waals surface area contributed by atoms with Crippen LogP contribution in [0.15, 0.2) is 36.5 Å². The SMILES string of the molecule is Cl.Cl.NCC1(CC(=O)Nc2cnc3ccccc3c2)CCCCC1. The number of carbonyl (C=O) groups is 1. The lowest BCUT2D eigenvalue weighted by molar-refractivity contribution is -0.118. The first-order chi connectivity index (χ1) is 10.7. The van der Waals surface area contributed by atoms with Crippen molar-refractivity contribution in [1.82, 2.24) is 4.98 Å². The molecule has 6 heteroatoms. The summed E-state index contributed by atoms with van der Waals surface area (Å²) in [6.07, 6.45) is 7.98. The van der Waals surface area contributed by atoms with E-state index in [4.69, 9.17) is 5.73 Å². The number of amides is 1. The standard InChI is InChI=1S/C18H23N3O.2ClH/c19-13-18(8-4-1-5-9-18)11-17(22)21-15-10-14-6-2-3-7-16(14)20-12-15;;/h2-3,6-7,10,12H,1,4-5,8-9,11,13,19H2,(H,21,22);2*1H. The van der Waals surface area contributed by atoms with E-state index in [0.717, 1.165) is 29.4 Å². The second kappa shape index (κ2) is 9.21. The van der Waals surface area contributed by atoms with E-state index in [1.165, 1.54) is 19.3 Å². The highest BCUT2D eigenvalue weighted by atomic mass is 35.5. The molecule has 2 aromatic rings. The number of para-hydroxylation sites is 1. The van der Waals surface area contributed by atoms with E-state index in [1.54, 1.807) is 6.20 Å². The number of benzene rings is 1. The zero-order valence-corrected chi connectivity index (χ0v) is 15.3. The fraction of sp³-hybridized carbons (Fsp3) is 0.444. The van der Waals surface area contributed by atoms with E-state index < -0.39 is 0 Å². The molecule has 1 aromatic carbocycles. The van der Waals surface area contributed by atoms with Gasteiger partial charge in [-0.1, -0.05) is 37.5 Å². The van der Waals surface area contributed by atoms with Gasteiger partial charge in [0.05, 0.1) is 17.4 Å². The number of nitrogens with one attached hydrogen (secondary N) is 1. The molecule has 1 aromatic heterocycles. The molecule has 0 atom stereocenters. The van der Waals surface area contributed by atoms with E-state index in [2.05, 4.69) is 10.3 Å². The molecular weight excluding hydrogens is 345 g/mol. The van der Waals surface area contributed by atoms with Gasteiger partial charge in [0.25, 0.3) is 0 Å². The number of aromatic nitrogens is 1. The summed E-state index contributed by atoms with van der Waals surface area (Å²) in [6, 6.07) is 9.87. The molecule has 132 valence electrons. The van der Waals surface area contributed by atoms with Crippen LogP contribution in [0.25, 0.3) is 10.9 Å². The molecule has 0 aliphatic heterocycles. The minimum atomic E-state index is -0.00733. The molecule has 0 bridgehead atoms. The number of nitrogens with two attached hydrogens (primary N) is 1. The summed E-state index contributed by atoms with van der Waals surface area (Å²) in [6.45, 7) is 0.594. The summed E-state index contributed by atoms with van der Waals surface area (Å²) >= 11 is 0. The van der Waals surface area contributed by atoms with Crippen LogP contribution in [-0.4, -0.2) is 17.4 Å². The van der Waals surface area contributed by atoms with Gasteiger partial charge >= 0.3 is 0 Å².